The Bertz CT molecular complexity index is 579. The van der Waals surface area contributed by atoms with E-state index >= 15 is 0 Å². The Hall–Kier alpha value is -2.08. The minimum absolute atomic E-state index is 0.222. The van der Waals surface area contributed by atoms with Crippen molar-refractivity contribution in [1.29, 1.82) is 0 Å². The number of aromatic nitrogens is 1. The summed E-state index contributed by atoms with van der Waals surface area (Å²) >= 11 is 1.55. The van der Waals surface area contributed by atoms with E-state index in [1.165, 1.54) is 0 Å². The van der Waals surface area contributed by atoms with Crippen molar-refractivity contribution in [3.63, 3.8) is 0 Å². The molecule has 0 fully saturated rings. The Morgan fingerprint density at radius 1 is 1.44 bits per heavy atom. The quantitative estimate of drug-likeness (QED) is 0.731. The number of nitrogens with one attached hydrogen (secondary N) is 1. The summed E-state index contributed by atoms with van der Waals surface area (Å²) in [6, 6.07) is 4.84. The number of carbonyl (C=O) groups excluding carboxylic acids is 1. The molecule has 5 N–H and O–H groups in total. The molecule has 0 saturated carbocycles. The van der Waals surface area contributed by atoms with Crippen LogP contribution in [0, 0.1) is 6.92 Å². The van der Waals surface area contributed by atoms with Crippen LogP contribution < -0.4 is 16.8 Å². The van der Waals surface area contributed by atoms with Gasteiger partial charge in [-0.25, -0.2) is 4.98 Å². The van der Waals surface area contributed by atoms with Crippen LogP contribution in [-0.4, -0.2) is 10.9 Å². The van der Waals surface area contributed by atoms with Crippen molar-refractivity contribution in [3.05, 3.63) is 39.8 Å². The van der Waals surface area contributed by atoms with Gasteiger partial charge in [-0.3, -0.25) is 4.79 Å². The van der Waals surface area contributed by atoms with Gasteiger partial charge in [-0.05, 0) is 25.1 Å². The Labute approximate surface area is 109 Å². The molecule has 1 amide bonds. The van der Waals surface area contributed by atoms with E-state index in [0.29, 0.717) is 23.5 Å². The van der Waals surface area contributed by atoms with Gasteiger partial charge in [0.15, 0.2) is 0 Å². The Balaban J connectivity index is 2.03. The topological polar surface area (TPSA) is 94.0 Å². The van der Waals surface area contributed by atoms with Crippen LogP contribution in [0.2, 0.25) is 0 Å². The van der Waals surface area contributed by atoms with Crippen molar-refractivity contribution in [1.82, 2.24) is 10.3 Å². The summed E-state index contributed by atoms with van der Waals surface area (Å²) in [7, 11) is 0. The standard InChI is InChI=1S/C12H14N4OS/c1-7-5-15-11(18-7)6-16-12(17)9-3-2-8(13)4-10(9)14/h2-5H,6,13-14H2,1H3,(H,16,17). The molecule has 0 aliphatic rings. The first-order chi connectivity index (χ1) is 8.56. The zero-order valence-corrected chi connectivity index (χ0v) is 10.8. The lowest BCUT2D eigenvalue weighted by Gasteiger charge is -2.06. The Morgan fingerprint density at radius 2 is 2.22 bits per heavy atom. The number of amides is 1. The normalized spacial score (nSPS) is 10.3. The van der Waals surface area contributed by atoms with Crippen molar-refractivity contribution in [2.45, 2.75) is 13.5 Å². The lowest BCUT2D eigenvalue weighted by Crippen LogP contribution is -2.23. The first kappa shape index (κ1) is 12.4. The molecule has 5 nitrogen and oxygen atoms in total. The van der Waals surface area contributed by atoms with Gasteiger partial charge in [0.25, 0.3) is 5.91 Å². The molecule has 2 rings (SSSR count). The molecule has 1 aromatic heterocycles. The summed E-state index contributed by atoms with van der Waals surface area (Å²) < 4.78 is 0. The second-order valence-corrected chi connectivity index (χ2v) is 5.21. The fraction of sp³-hybridized carbons (Fsp3) is 0.167. The molecule has 1 heterocycles. The van der Waals surface area contributed by atoms with Crippen LogP contribution >= 0.6 is 11.3 Å². The monoisotopic (exact) mass is 262 g/mol. The van der Waals surface area contributed by atoms with Crippen LogP contribution in [0.25, 0.3) is 0 Å². The van der Waals surface area contributed by atoms with Gasteiger partial charge in [-0.2, -0.15) is 0 Å². The molecule has 0 aliphatic carbocycles. The highest BCUT2D eigenvalue weighted by Crippen LogP contribution is 2.16. The molecule has 18 heavy (non-hydrogen) atoms. The molecule has 1 aromatic carbocycles. The molecule has 0 saturated heterocycles. The number of benzene rings is 1. The highest BCUT2D eigenvalue weighted by Gasteiger charge is 2.10. The third-order valence-electron chi connectivity index (χ3n) is 2.39. The maximum absolute atomic E-state index is 11.9. The Kier molecular flexibility index (Phi) is 3.47. The van der Waals surface area contributed by atoms with Crippen LogP contribution in [0.3, 0.4) is 0 Å². The fourth-order valence-corrected chi connectivity index (χ4v) is 2.25. The molecule has 0 unspecified atom stereocenters. The van der Waals surface area contributed by atoms with E-state index in [1.807, 2.05) is 6.92 Å². The Morgan fingerprint density at radius 3 is 2.83 bits per heavy atom. The van der Waals surface area contributed by atoms with E-state index in [2.05, 4.69) is 10.3 Å². The van der Waals surface area contributed by atoms with E-state index in [1.54, 1.807) is 35.7 Å². The van der Waals surface area contributed by atoms with Crippen molar-refractivity contribution < 1.29 is 4.79 Å². The van der Waals surface area contributed by atoms with Crippen LogP contribution in [0.5, 0.6) is 0 Å². The van der Waals surface area contributed by atoms with E-state index < -0.39 is 0 Å². The van der Waals surface area contributed by atoms with Gasteiger partial charge in [0.05, 0.1) is 12.1 Å². The molecule has 2 aromatic rings. The summed E-state index contributed by atoms with van der Waals surface area (Å²) in [6.07, 6.45) is 1.78. The number of hydrogen-bond acceptors (Lipinski definition) is 5. The summed E-state index contributed by atoms with van der Waals surface area (Å²) in [4.78, 5) is 17.2. The number of carbonyl (C=O) groups is 1. The van der Waals surface area contributed by atoms with Gasteiger partial charge in [-0.1, -0.05) is 0 Å². The molecule has 0 atom stereocenters. The predicted molar refractivity (Wildman–Crippen MR) is 73.3 cm³/mol. The molecule has 6 heteroatoms. The molecular formula is C12H14N4OS. The van der Waals surface area contributed by atoms with Gasteiger partial charge >= 0.3 is 0 Å². The van der Waals surface area contributed by atoms with Crippen molar-refractivity contribution in [2.75, 3.05) is 11.5 Å². The van der Waals surface area contributed by atoms with Gasteiger partial charge < -0.3 is 16.8 Å². The zero-order valence-electron chi connectivity index (χ0n) is 9.93. The molecule has 0 bridgehead atoms. The number of rotatable bonds is 3. The minimum Gasteiger partial charge on any atom is -0.399 e. The minimum atomic E-state index is -0.222. The van der Waals surface area contributed by atoms with E-state index in [9.17, 15) is 4.79 Å². The van der Waals surface area contributed by atoms with E-state index in [4.69, 9.17) is 11.5 Å². The summed E-state index contributed by atoms with van der Waals surface area (Å²) in [5.74, 6) is -0.222. The average Bonchev–Trinajstić information content (AvgIpc) is 2.72. The van der Waals surface area contributed by atoms with Gasteiger partial charge in [-0.15, -0.1) is 11.3 Å². The summed E-state index contributed by atoms with van der Waals surface area (Å²) in [6.45, 7) is 2.38. The fourth-order valence-electron chi connectivity index (χ4n) is 1.52. The second kappa shape index (κ2) is 5.05. The summed E-state index contributed by atoms with van der Waals surface area (Å²) in [5.41, 5.74) is 12.7. The van der Waals surface area contributed by atoms with Crippen LogP contribution in [-0.2, 0) is 6.54 Å². The molecule has 0 spiro atoms. The second-order valence-electron chi connectivity index (χ2n) is 3.89. The first-order valence-electron chi connectivity index (χ1n) is 5.41. The molecular weight excluding hydrogens is 248 g/mol. The number of anilines is 2. The van der Waals surface area contributed by atoms with Gasteiger partial charge in [0, 0.05) is 22.4 Å². The van der Waals surface area contributed by atoms with Crippen molar-refractivity contribution in [3.8, 4) is 0 Å². The van der Waals surface area contributed by atoms with E-state index in [0.717, 1.165) is 9.88 Å². The number of aryl methyl sites for hydroxylation is 1. The maximum Gasteiger partial charge on any atom is 0.253 e. The number of nitrogens with two attached hydrogens (primary N) is 2. The predicted octanol–water partition coefficient (Wildman–Crippen LogP) is 1.55. The van der Waals surface area contributed by atoms with Crippen LogP contribution in [0.1, 0.15) is 20.2 Å². The highest BCUT2D eigenvalue weighted by molar-refractivity contribution is 7.11. The molecule has 0 radical (unpaired) electrons. The van der Waals surface area contributed by atoms with Gasteiger partial charge in [0.2, 0.25) is 0 Å². The largest absolute Gasteiger partial charge is 0.399 e. The lowest BCUT2D eigenvalue weighted by atomic mass is 10.1. The number of thiazole rings is 1. The lowest BCUT2D eigenvalue weighted by molar-refractivity contribution is 0.0952. The van der Waals surface area contributed by atoms with Crippen molar-refractivity contribution in [2.24, 2.45) is 0 Å². The van der Waals surface area contributed by atoms with Crippen LogP contribution in [0.4, 0.5) is 11.4 Å². The zero-order chi connectivity index (χ0) is 13.1. The average molecular weight is 262 g/mol. The third kappa shape index (κ3) is 2.78. The maximum atomic E-state index is 11.9. The first-order valence-corrected chi connectivity index (χ1v) is 6.22. The highest BCUT2D eigenvalue weighted by atomic mass is 32.1. The summed E-state index contributed by atoms with van der Waals surface area (Å²) in [5, 5.41) is 3.65. The van der Waals surface area contributed by atoms with Crippen molar-refractivity contribution >= 4 is 28.6 Å². The number of nitrogens with zero attached hydrogens (tertiary/aromatic N) is 1. The SMILES string of the molecule is Cc1cnc(CNC(=O)c2ccc(N)cc2N)s1. The molecule has 94 valence electrons. The number of hydrogen-bond donors (Lipinski definition) is 3. The van der Waals surface area contributed by atoms with Crippen LogP contribution in [0.15, 0.2) is 24.4 Å². The molecule has 0 aliphatic heterocycles. The number of nitrogen functional groups attached to an aromatic ring is 2. The smallest absolute Gasteiger partial charge is 0.253 e. The van der Waals surface area contributed by atoms with Gasteiger partial charge in [0.1, 0.15) is 5.01 Å². The van der Waals surface area contributed by atoms with E-state index in [-0.39, 0.29) is 5.91 Å². The third-order valence-corrected chi connectivity index (χ3v) is 3.30.